The van der Waals surface area contributed by atoms with E-state index in [1.807, 2.05) is 0 Å². The third kappa shape index (κ3) is 4.59. The number of amides is 1. The van der Waals surface area contributed by atoms with Gasteiger partial charge in [-0.2, -0.15) is 0 Å². The normalized spacial score (nSPS) is 12.9. The molecule has 0 saturated heterocycles. The number of ether oxygens (including phenoxy) is 1. The fourth-order valence-corrected chi connectivity index (χ4v) is 3.16. The SMILES string of the molecule is COCCCNC(=O)C(C)S(=O)(=O)c1ccc(N)c(Cl)c1. The van der Waals surface area contributed by atoms with Crippen LogP contribution in [0.3, 0.4) is 0 Å². The maximum absolute atomic E-state index is 12.3. The minimum atomic E-state index is -3.80. The van der Waals surface area contributed by atoms with Crippen molar-refractivity contribution in [3.63, 3.8) is 0 Å². The predicted molar refractivity (Wildman–Crippen MR) is 82.0 cm³/mol. The van der Waals surface area contributed by atoms with Crippen LogP contribution >= 0.6 is 11.6 Å². The van der Waals surface area contributed by atoms with Gasteiger partial charge < -0.3 is 15.8 Å². The van der Waals surface area contributed by atoms with Gasteiger partial charge in [0.25, 0.3) is 0 Å². The molecule has 0 saturated carbocycles. The zero-order valence-electron chi connectivity index (χ0n) is 11.9. The molecule has 0 aromatic heterocycles. The Kier molecular flexibility index (Phi) is 6.44. The van der Waals surface area contributed by atoms with Gasteiger partial charge in [0, 0.05) is 20.3 Å². The highest BCUT2D eigenvalue weighted by Gasteiger charge is 2.29. The summed E-state index contributed by atoms with van der Waals surface area (Å²) in [5.74, 6) is -0.556. The Morgan fingerprint density at radius 3 is 2.71 bits per heavy atom. The second-order valence-electron chi connectivity index (χ2n) is 4.51. The standard InChI is InChI=1S/C13H19ClN2O4S/c1-9(13(17)16-6-3-7-20-2)21(18,19)10-4-5-12(15)11(14)8-10/h4-5,8-9H,3,6-7,15H2,1-2H3,(H,16,17). The van der Waals surface area contributed by atoms with Crippen LogP contribution in [0, 0.1) is 0 Å². The Balaban J connectivity index is 2.81. The van der Waals surface area contributed by atoms with Gasteiger partial charge in [0.15, 0.2) is 9.84 Å². The Morgan fingerprint density at radius 1 is 1.48 bits per heavy atom. The van der Waals surface area contributed by atoms with E-state index in [9.17, 15) is 13.2 Å². The van der Waals surface area contributed by atoms with Gasteiger partial charge in [-0.15, -0.1) is 0 Å². The fourth-order valence-electron chi connectivity index (χ4n) is 1.60. The summed E-state index contributed by atoms with van der Waals surface area (Å²) in [6, 6.07) is 3.99. The summed E-state index contributed by atoms with van der Waals surface area (Å²) in [6.07, 6.45) is 0.614. The molecule has 3 N–H and O–H groups in total. The number of hydrogen-bond acceptors (Lipinski definition) is 5. The van der Waals surface area contributed by atoms with Crippen LogP contribution < -0.4 is 11.1 Å². The lowest BCUT2D eigenvalue weighted by Gasteiger charge is -2.14. The van der Waals surface area contributed by atoms with Crippen molar-refractivity contribution < 1.29 is 17.9 Å². The van der Waals surface area contributed by atoms with Crippen molar-refractivity contribution in [2.75, 3.05) is 26.0 Å². The van der Waals surface area contributed by atoms with E-state index in [1.165, 1.54) is 25.1 Å². The smallest absolute Gasteiger partial charge is 0.238 e. The molecule has 8 heteroatoms. The molecular weight excluding hydrogens is 316 g/mol. The van der Waals surface area contributed by atoms with Crippen LogP contribution in [0.2, 0.25) is 5.02 Å². The molecule has 1 rings (SSSR count). The molecule has 0 bridgehead atoms. The molecule has 0 radical (unpaired) electrons. The van der Waals surface area contributed by atoms with E-state index >= 15 is 0 Å². The zero-order valence-corrected chi connectivity index (χ0v) is 13.5. The number of nitrogens with two attached hydrogens (primary N) is 1. The Hall–Kier alpha value is -1.31. The Labute approximate surface area is 129 Å². The highest BCUT2D eigenvalue weighted by molar-refractivity contribution is 7.92. The molecule has 118 valence electrons. The number of carbonyl (C=O) groups is 1. The van der Waals surface area contributed by atoms with Crippen molar-refractivity contribution in [2.45, 2.75) is 23.5 Å². The number of nitrogen functional groups attached to an aromatic ring is 1. The Bertz CT molecular complexity index is 604. The number of benzene rings is 1. The molecule has 1 aromatic rings. The maximum Gasteiger partial charge on any atom is 0.238 e. The van der Waals surface area contributed by atoms with Crippen molar-refractivity contribution in [3.8, 4) is 0 Å². The molecule has 21 heavy (non-hydrogen) atoms. The van der Waals surface area contributed by atoms with E-state index in [0.717, 1.165) is 0 Å². The molecule has 0 fully saturated rings. The monoisotopic (exact) mass is 334 g/mol. The molecule has 6 nitrogen and oxygen atoms in total. The van der Waals surface area contributed by atoms with Crippen LogP contribution in [0.15, 0.2) is 23.1 Å². The number of halogens is 1. The largest absolute Gasteiger partial charge is 0.398 e. The van der Waals surface area contributed by atoms with Crippen LogP contribution in [-0.4, -0.2) is 39.8 Å². The molecule has 0 aliphatic heterocycles. The van der Waals surface area contributed by atoms with Gasteiger partial charge in [-0.05, 0) is 31.5 Å². The van der Waals surface area contributed by atoms with E-state index in [4.69, 9.17) is 22.1 Å². The van der Waals surface area contributed by atoms with Crippen LogP contribution in [0.4, 0.5) is 5.69 Å². The van der Waals surface area contributed by atoms with E-state index in [2.05, 4.69) is 5.32 Å². The first-order valence-corrected chi connectivity index (χ1v) is 8.28. The average molecular weight is 335 g/mol. The molecular formula is C13H19ClN2O4S. The molecule has 0 aliphatic rings. The second-order valence-corrected chi connectivity index (χ2v) is 7.18. The van der Waals surface area contributed by atoms with Gasteiger partial charge in [0.1, 0.15) is 5.25 Å². The van der Waals surface area contributed by atoms with E-state index in [1.54, 1.807) is 7.11 Å². The van der Waals surface area contributed by atoms with Gasteiger partial charge in [-0.25, -0.2) is 8.42 Å². The van der Waals surface area contributed by atoms with Crippen LogP contribution in [0.5, 0.6) is 0 Å². The topological polar surface area (TPSA) is 98.5 Å². The quantitative estimate of drug-likeness (QED) is 0.577. The highest BCUT2D eigenvalue weighted by atomic mass is 35.5. The summed E-state index contributed by atoms with van der Waals surface area (Å²) in [7, 11) is -2.25. The van der Waals surface area contributed by atoms with E-state index in [0.29, 0.717) is 19.6 Å². The van der Waals surface area contributed by atoms with Crippen molar-refractivity contribution in [2.24, 2.45) is 0 Å². The zero-order chi connectivity index (χ0) is 16.0. The number of nitrogens with one attached hydrogen (secondary N) is 1. The van der Waals surface area contributed by atoms with Crippen molar-refractivity contribution >= 4 is 33.0 Å². The van der Waals surface area contributed by atoms with E-state index in [-0.39, 0.29) is 15.6 Å². The molecule has 0 aliphatic carbocycles. The summed E-state index contributed by atoms with van der Waals surface area (Å²) in [6.45, 7) is 2.19. The lowest BCUT2D eigenvalue weighted by Crippen LogP contribution is -2.38. The second kappa shape index (κ2) is 7.63. The number of sulfone groups is 1. The van der Waals surface area contributed by atoms with Crippen molar-refractivity contribution in [1.29, 1.82) is 0 Å². The third-order valence-electron chi connectivity index (χ3n) is 2.96. The minimum absolute atomic E-state index is 0.0266. The lowest BCUT2D eigenvalue weighted by atomic mass is 10.3. The number of hydrogen-bond donors (Lipinski definition) is 2. The van der Waals surface area contributed by atoms with Gasteiger partial charge in [-0.3, -0.25) is 4.79 Å². The van der Waals surface area contributed by atoms with Crippen LogP contribution in [0.1, 0.15) is 13.3 Å². The van der Waals surface area contributed by atoms with Gasteiger partial charge in [0.2, 0.25) is 5.91 Å². The van der Waals surface area contributed by atoms with Gasteiger partial charge in [0.05, 0.1) is 15.6 Å². The van der Waals surface area contributed by atoms with E-state index < -0.39 is 21.0 Å². The minimum Gasteiger partial charge on any atom is -0.398 e. The van der Waals surface area contributed by atoms with Crippen molar-refractivity contribution in [1.82, 2.24) is 5.32 Å². The van der Waals surface area contributed by atoms with Crippen LogP contribution in [0.25, 0.3) is 0 Å². The molecule has 1 unspecified atom stereocenters. The number of methoxy groups -OCH3 is 1. The highest BCUT2D eigenvalue weighted by Crippen LogP contribution is 2.25. The van der Waals surface area contributed by atoms with Gasteiger partial charge >= 0.3 is 0 Å². The molecule has 1 amide bonds. The molecule has 0 heterocycles. The predicted octanol–water partition coefficient (Wildman–Crippen LogP) is 1.24. The first kappa shape index (κ1) is 17.7. The number of anilines is 1. The molecule has 1 atom stereocenters. The first-order valence-electron chi connectivity index (χ1n) is 6.36. The van der Waals surface area contributed by atoms with Crippen molar-refractivity contribution in [3.05, 3.63) is 23.2 Å². The number of rotatable bonds is 7. The molecule has 1 aromatic carbocycles. The maximum atomic E-state index is 12.3. The molecule has 0 spiro atoms. The lowest BCUT2D eigenvalue weighted by molar-refractivity contribution is -0.120. The average Bonchev–Trinajstić information content (AvgIpc) is 2.45. The summed E-state index contributed by atoms with van der Waals surface area (Å²) >= 11 is 5.82. The number of carbonyl (C=O) groups excluding carboxylic acids is 1. The fraction of sp³-hybridized carbons (Fsp3) is 0.462. The summed E-state index contributed by atoms with van der Waals surface area (Å²) in [5.41, 5.74) is 5.83. The summed E-state index contributed by atoms with van der Waals surface area (Å²) < 4.78 is 29.5. The van der Waals surface area contributed by atoms with Crippen LogP contribution in [-0.2, 0) is 19.4 Å². The third-order valence-corrected chi connectivity index (χ3v) is 5.34. The summed E-state index contributed by atoms with van der Waals surface area (Å²) in [5, 5.41) is 1.50. The van der Waals surface area contributed by atoms with Gasteiger partial charge in [-0.1, -0.05) is 11.6 Å². The Morgan fingerprint density at radius 2 is 2.14 bits per heavy atom. The summed E-state index contributed by atoms with van der Waals surface area (Å²) in [4.78, 5) is 11.9. The first-order chi connectivity index (χ1) is 9.80.